The molecule has 0 aliphatic carbocycles. The van der Waals surface area contributed by atoms with Crippen molar-refractivity contribution in [2.45, 2.75) is 24.0 Å². The molecule has 118 valence electrons. The highest BCUT2D eigenvalue weighted by atomic mass is 32.2. The zero-order valence-corrected chi connectivity index (χ0v) is 13.0. The Labute approximate surface area is 128 Å². The molecular weight excluding hydrogens is 306 g/mol. The quantitative estimate of drug-likeness (QED) is 0.811. The first kappa shape index (κ1) is 14.9. The first-order chi connectivity index (χ1) is 10.6. The van der Waals surface area contributed by atoms with Crippen molar-refractivity contribution in [2.75, 3.05) is 13.1 Å². The van der Waals surface area contributed by atoms with Gasteiger partial charge in [0.15, 0.2) is 5.03 Å². The van der Waals surface area contributed by atoms with Gasteiger partial charge in [0.1, 0.15) is 6.10 Å². The van der Waals surface area contributed by atoms with Crippen LogP contribution in [0.25, 0.3) is 0 Å². The van der Waals surface area contributed by atoms with Crippen LogP contribution in [0.1, 0.15) is 12.8 Å². The van der Waals surface area contributed by atoms with E-state index in [4.69, 9.17) is 4.74 Å². The largest absolute Gasteiger partial charge is 0.472 e. The number of sulfonamides is 1. The molecule has 3 heterocycles. The van der Waals surface area contributed by atoms with Gasteiger partial charge in [0.05, 0.1) is 19.1 Å². The molecule has 0 aromatic carbocycles. The summed E-state index contributed by atoms with van der Waals surface area (Å²) in [5.74, 6) is 0.407. The van der Waals surface area contributed by atoms with E-state index < -0.39 is 10.0 Å². The number of aromatic nitrogens is 4. The molecule has 2 aromatic rings. The Morgan fingerprint density at radius 1 is 1.32 bits per heavy atom. The van der Waals surface area contributed by atoms with Gasteiger partial charge < -0.3 is 9.30 Å². The highest BCUT2D eigenvalue weighted by Gasteiger charge is 2.32. The lowest BCUT2D eigenvalue weighted by atomic mass is 10.1. The van der Waals surface area contributed by atoms with Gasteiger partial charge in [-0.1, -0.05) is 0 Å². The van der Waals surface area contributed by atoms with Gasteiger partial charge in [0.2, 0.25) is 5.88 Å². The second kappa shape index (κ2) is 6.01. The number of hydrogen-bond acceptors (Lipinski definition) is 6. The Balaban J connectivity index is 1.73. The van der Waals surface area contributed by atoms with Gasteiger partial charge >= 0.3 is 0 Å². The molecule has 2 aromatic heterocycles. The van der Waals surface area contributed by atoms with Crippen molar-refractivity contribution in [3.8, 4) is 5.88 Å². The van der Waals surface area contributed by atoms with Gasteiger partial charge in [-0.25, -0.2) is 18.4 Å². The van der Waals surface area contributed by atoms with Crippen molar-refractivity contribution >= 4 is 10.0 Å². The lowest BCUT2D eigenvalue weighted by molar-refractivity contribution is 0.124. The fourth-order valence-corrected chi connectivity index (χ4v) is 3.87. The van der Waals surface area contributed by atoms with Crippen LogP contribution in [0.2, 0.25) is 0 Å². The van der Waals surface area contributed by atoms with E-state index in [1.807, 2.05) is 0 Å². The first-order valence-corrected chi connectivity index (χ1v) is 8.40. The second-order valence-electron chi connectivity index (χ2n) is 5.17. The molecule has 1 aliphatic rings. The van der Waals surface area contributed by atoms with Gasteiger partial charge in [-0.2, -0.15) is 4.31 Å². The third kappa shape index (κ3) is 3.09. The van der Waals surface area contributed by atoms with Gasteiger partial charge in [-0.05, 0) is 12.8 Å². The van der Waals surface area contributed by atoms with Crippen LogP contribution < -0.4 is 4.74 Å². The van der Waals surface area contributed by atoms with E-state index in [0.29, 0.717) is 12.4 Å². The molecular formula is C13H17N5O3S. The minimum atomic E-state index is -3.58. The van der Waals surface area contributed by atoms with Crippen LogP contribution in [0.15, 0.2) is 36.1 Å². The standard InChI is InChI=1S/C13H17N5O3S/c1-17-9-13(16-10-17)22(19,20)18-6-2-3-11(8-18)21-12-7-14-4-5-15-12/h4-5,7,9-11H,2-3,6,8H2,1H3. The summed E-state index contributed by atoms with van der Waals surface area (Å²) in [4.78, 5) is 11.9. The summed E-state index contributed by atoms with van der Waals surface area (Å²) in [5.41, 5.74) is 0. The highest BCUT2D eigenvalue weighted by molar-refractivity contribution is 7.89. The highest BCUT2D eigenvalue weighted by Crippen LogP contribution is 2.21. The van der Waals surface area contributed by atoms with Crippen molar-refractivity contribution in [2.24, 2.45) is 7.05 Å². The predicted octanol–water partition coefficient (Wildman–Crippen LogP) is 0.442. The lowest BCUT2D eigenvalue weighted by Gasteiger charge is -2.31. The van der Waals surface area contributed by atoms with Crippen LogP contribution in [0, 0.1) is 0 Å². The summed E-state index contributed by atoms with van der Waals surface area (Å²) < 4.78 is 33.9. The van der Waals surface area contributed by atoms with Crippen molar-refractivity contribution in [1.82, 2.24) is 23.8 Å². The van der Waals surface area contributed by atoms with Gasteiger partial charge in [-0.15, -0.1) is 0 Å². The predicted molar refractivity (Wildman–Crippen MR) is 77.6 cm³/mol. The topological polar surface area (TPSA) is 90.2 Å². The molecule has 8 nitrogen and oxygen atoms in total. The summed E-state index contributed by atoms with van der Waals surface area (Å²) in [6.07, 6.45) is 8.89. The van der Waals surface area contributed by atoms with Crippen molar-refractivity contribution < 1.29 is 13.2 Å². The van der Waals surface area contributed by atoms with Crippen molar-refractivity contribution in [3.63, 3.8) is 0 Å². The molecule has 0 radical (unpaired) electrons. The second-order valence-corrected chi connectivity index (χ2v) is 7.05. The molecule has 3 rings (SSSR count). The van der Waals surface area contributed by atoms with E-state index >= 15 is 0 Å². The van der Waals surface area contributed by atoms with Gasteiger partial charge in [-0.3, -0.25) is 4.98 Å². The number of nitrogens with zero attached hydrogens (tertiary/aromatic N) is 5. The molecule has 22 heavy (non-hydrogen) atoms. The van der Waals surface area contributed by atoms with Gasteiger partial charge in [0, 0.05) is 32.2 Å². The number of piperidine rings is 1. The van der Waals surface area contributed by atoms with E-state index in [1.54, 1.807) is 24.0 Å². The average Bonchev–Trinajstić information content (AvgIpc) is 2.96. The third-order valence-corrected chi connectivity index (χ3v) is 5.20. The average molecular weight is 323 g/mol. The van der Waals surface area contributed by atoms with Crippen LogP contribution in [0.3, 0.4) is 0 Å². The Hall–Kier alpha value is -2.00. The molecule has 0 amide bonds. The minimum absolute atomic E-state index is 0.0650. The third-order valence-electron chi connectivity index (χ3n) is 3.45. The van der Waals surface area contributed by atoms with Crippen LogP contribution in [-0.2, 0) is 17.1 Å². The Kier molecular flexibility index (Phi) is 4.08. The zero-order chi connectivity index (χ0) is 15.6. The fraction of sp³-hybridized carbons (Fsp3) is 0.462. The van der Waals surface area contributed by atoms with Gasteiger partial charge in [0.25, 0.3) is 10.0 Å². The van der Waals surface area contributed by atoms with E-state index in [0.717, 1.165) is 12.8 Å². The zero-order valence-electron chi connectivity index (χ0n) is 12.2. The normalized spacial score (nSPS) is 20.0. The first-order valence-electron chi connectivity index (χ1n) is 6.96. The molecule has 9 heteroatoms. The number of rotatable bonds is 4. The minimum Gasteiger partial charge on any atom is -0.472 e. The Morgan fingerprint density at radius 2 is 2.18 bits per heavy atom. The van der Waals surface area contributed by atoms with Crippen molar-refractivity contribution in [3.05, 3.63) is 31.1 Å². The number of hydrogen-bond donors (Lipinski definition) is 0. The summed E-state index contributed by atoms with van der Waals surface area (Å²) in [6, 6.07) is 0. The molecule has 1 aliphatic heterocycles. The van der Waals surface area contributed by atoms with E-state index in [-0.39, 0.29) is 17.7 Å². The Morgan fingerprint density at radius 3 is 2.86 bits per heavy atom. The molecule has 0 bridgehead atoms. The van der Waals surface area contributed by atoms with Crippen LogP contribution in [0.5, 0.6) is 5.88 Å². The molecule has 1 atom stereocenters. The number of ether oxygens (including phenoxy) is 1. The molecule has 0 N–H and O–H groups in total. The van der Waals surface area contributed by atoms with Crippen LogP contribution in [-0.4, -0.2) is 51.4 Å². The summed E-state index contributed by atoms with van der Waals surface area (Å²) in [7, 11) is -1.84. The lowest BCUT2D eigenvalue weighted by Crippen LogP contribution is -2.44. The summed E-state index contributed by atoms with van der Waals surface area (Å²) >= 11 is 0. The van der Waals surface area contributed by atoms with Crippen LogP contribution >= 0.6 is 0 Å². The maximum atomic E-state index is 12.6. The molecule has 1 unspecified atom stereocenters. The molecule has 0 spiro atoms. The molecule has 1 fully saturated rings. The molecule has 0 saturated carbocycles. The monoisotopic (exact) mass is 323 g/mol. The van der Waals surface area contributed by atoms with E-state index in [9.17, 15) is 8.42 Å². The van der Waals surface area contributed by atoms with E-state index in [1.165, 1.54) is 23.0 Å². The Bertz CT molecular complexity index is 731. The maximum Gasteiger partial charge on any atom is 0.262 e. The van der Waals surface area contributed by atoms with Crippen LogP contribution in [0.4, 0.5) is 0 Å². The smallest absolute Gasteiger partial charge is 0.262 e. The molecule has 1 saturated heterocycles. The number of aryl methyl sites for hydroxylation is 1. The SMILES string of the molecule is Cn1cnc(S(=O)(=O)N2CCCC(Oc3cnccn3)C2)c1. The number of imidazole rings is 1. The van der Waals surface area contributed by atoms with E-state index in [2.05, 4.69) is 15.0 Å². The maximum absolute atomic E-state index is 12.6. The summed E-state index contributed by atoms with van der Waals surface area (Å²) in [6.45, 7) is 0.759. The fourth-order valence-electron chi connectivity index (χ4n) is 2.39. The van der Waals surface area contributed by atoms with Crippen molar-refractivity contribution in [1.29, 1.82) is 0 Å². The summed E-state index contributed by atoms with van der Waals surface area (Å²) in [5, 5.41) is 0.0650.